The summed E-state index contributed by atoms with van der Waals surface area (Å²) in [6.45, 7) is 3.59. The monoisotopic (exact) mass is 295 g/mol. The van der Waals surface area contributed by atoms with E-state index in [0.717, 1.165) is 10.4 Å². The topological polar surface area (TPSA) is 60.2 Å². The number of rotatable bonds is 4. The van der Waals surface area contributed by atoms with Crippen molar-refractivity contribution in [1.82, 2.24) is 0 Å². The van der Waals surface area contributed by atoms with Crippen LogP contribution in [0.3, 0.4) is 0 Å². The maximum absolute atomic E-state index is 12.5. The number of sulfone groups is 1. The Morgan fingerprint density at radius 3 is 2.32 bits per heavy atom. The number of nitrogens with two attached hydrogens (primary N) is 1. The second-order valence-electron chi connectivity index (χ2n) is 4.60. The average molecular weight is 295 g/mol. The zero-order valence-corrected chi connectivity index (χ0v) is 12.5. The van der Waals surface area contributed by atoms with Crippen molar-refractivity contribution in [2.75, 3.05) is 0 Å². The molecule has 0 amide bonds. The third kappa shape index (κ3) is 2.88. The Morgan fingerprint density at radius 2 is 1.79 bits per heavy atom. The van der Waals surface area contributed by atoms with Crippen molar-refractivity contribution < 1.29 is 8.42 Å². The summed E-state index contributed by atoms with van der Waals surface area (Å²) in [5.74, 6) is 0. The molecule has 2 unspecified atom stereocenters. The van der Waals surface area contributed by atoms with Crippen molar-refractivity contribution in [3.8, 4) is 0 Å². The molecule has 102 valence electrons. The molecule has 0 aliphatic heterocycles. The van der Waals surface area contributed by atoms with Crippen molar-refractivity contribution in [2.45, 2.75) is 30.0 Å². The first kappa shape index (κ1) is 14.2. The molecule has 2 aromatic rings. The molecule has 1 aromatic heterocycles. The summed E-state index contributed by atoms with van der Waals surface area (Å²) in [4.78, 5) is 1.22. The van der Waals surface area contributed by atoms with Crippen LogP contribution in [0.25, 0.3) is 0 Å². The quantitative estimate of drug-likeness (QED) is 0.943. The van der Waals surface area contributed by atoms with Gasteiger partial charge in [-0.3, -0.25) is 0 Å². The van der Waals surface area contributed by atoms with Gasteiger partial charge in [-0.05, 0) is 37.4 Å². The van der Waals surface area contributed by atoms with Crippen LogP contribution in [-0.4, -0.2) is 13.7 Å². The van der Waals surface area contributed by atoms with Crippen molar-refractivity contribution in [3.05, 3.63) is 52.2 Å². The summed E-state index contributed by atoms with van der Waals surface area (Å²) in [5, 5.41) is 1.26. The van der Waals surface area contributed by atoms with Crippen molar-refractivity contribution in [2.24, 2.45) is 5.73 Å². The van der Waals surface area contributed by atoms with E-state index in [-0.39, 0.29) is 0 Å². The maximum atomic E-state index is 12.5. The Labute approximate surface area is 118 Å². The molecule has 0 saturated carbocycles. The smallest absolute Gasteiger partial charge is 0.182 e. The van der Waals surface area contributed by atoms with Crippen LogP contribution in [0.2, 0.25) is 0 Å². The minimum atomic E-state index is -3.40. The van der Waals surface area contributed by atoms with Gasteiger partial charge in [0.1, 0.15) is 0 Å². The molecule has 0 spiro atoms. The van der Waals surface area contributed by atoms with Crippen LogP contribution >= 0.6 is 11.3 Å². The molecule has 2 atom stereocenters. The van der Waals surface area contributed by atoms with E-state index in [1.165, 1.54) is 11.3 Å². The van der Waals surface area contributed by atoms with Gasteiger partial charge in [-0.2, -0.15) is 0 Å². The van der Waals surface area contributed by atoms with Gasteiger partial charge in [0.05, 0.1) is 16.2 Å². The van der Waals surface area contributed by atoms with Gasteiger partial charge < -0.3 is 5.73 Å². The fourth-order valence-corrected chi connectivity index (χ4v) is 4.24. The first-order chi connectivity index (χ1) is 8.93. The average Bonchev–Trinajstić information content (AvgIpc) is 2.91. The molecule has 19 heavy (non-hydrogen) atoms. The Hall–Kier alpha value is -1.17. The first-order valence-corrected chi connectivity index (χ1v) is 8.45. The highest BCUT2D eigenvalue weighted by Gasteiger charge is 2.30. The van der Waals surface area contributed by atoms with Gasteiger partial charge >= 0.3 is 0 Å². The zero-order chi connectivity index (χ0) is 14.0. The first-order valence-electron chi connectivity index (χ1n) is 6.02. The molecule has 2 N–H and O–H groups in total. The standard InChI is InChI=1S/C14H17NO2S2/c1-10-5-7-12(8-6-10)19(16,17)11(2)14(15)13-4-3-9-18-13/h3-9,11,14H,15H2,1-2H3. The van der Waals surface area contributed by atoms with E-state index in [4.69, 9.17) is 5.73 Å². The lowest BCUT2D eigenvalue weighted by molar-refractivity contribution is 0.566. The van der Waals surface area contributed by atoms with Gasteiger partial charge in [0.2, 0.25) is 0 Å². The lowest BCUT2D eigenvalue weighted by Crippen LogP contribution is -2.30. The third-order valence-corrected chi connectivity index (χ3v) is 6.39. The van der Waals surface area contributed by atoms with Crippen LogP contribution in [0.4, 0.5) is 0 Å². The predicted molar refractivity (Wildman–Crippen MR) is 79.1 cm³/mol. The minimum Gasteiger partial charge on any atom is -0.322 e. The lowest BCUT2D eigenvalue weighted by Gasteiger charge is -2.19. The summed E-state index contributed by atoms with van der Waals surface area (Å²) < 4.78 is 25.0. The molecule has 0 aliphatic carbocycles. The highest BCUT2D eigenvalue weighted by Crippen LogP contribution is 2.27. The van der Waals surface area contributed by atoms with E-state index >= 15 is 0 Å². The number of hydrogen-bond donors (Lipinski definition) is 1. The second kappa shape index (κ2) is 5.45. The molecule has 0 aliphatic rings. The summed E-state index contributed by atoms with van der Waals surface area (Å²) in [6, 6.07) is 10.1. The van der Waals surface area contributed by atoms with Gasteiger partial charge in [-0.15, -0.1) is 11.3 Å². The lowest BCUT2D eigenvalue weighted by atomic mass is 10.2. The molecule has 1 heterocycles. The van der Waals surface area contributed by atoms with Gasteiger partial charge in [0.25, 0.3) is 0 Å². The third-order valence-electron chi connectivity index (χ3n) is 3.22. The highest BCUT2D eigenvalue weighted by molar-refractivity contribution is 7.92. The summed E-state index contributed by atoms with van der Waals surface area (Å²) in [6.07, 6.45) is 0. The predicted octanol–water partition coefficient (Wildman–Crippen LogP) is 2.92. The van der Waals surface area contributed by atoms with E-state index in [1.54, 1.807) is 31.2 Å². The highest BCUT2D eigenvalue weighted by atomic mass is 32.2. The molecule has 5 heteroatoms. The Bertz CT molecular complexity index is 631. The molecule has 0 fully saturated rings. The molecule has 0 saturated heterocycles. The molecular formula is C14H17NO2S2. The SMILES string of the molecule is Cc1ccc(S(=O)(=O)C(C)C(N)c2cccs2)cc1. The largest absolute Gasteiger partial charge is 0.322 e. The van der Waals surface area contributed by atoms with Gasteiger partial charge in [0, 0.05) is 4.88 Å². The van der Waals surface area contributed by atoms with Crippen LogP contribution in [-0.2, 0) is 9.84 Å². The molecular weight excluding hydrogens is 278 g/mol. The number of aryl methyl sites for hydroxylation is 1. The summed E-state index contributed by atoms with van der Waals surface area (Å²) in [7, 11) is -3.40. The van der Waals surface area contributed by atoms with E-state index in [9.17, 15) is 8.42 Å². The van der Waals surface area contributed by atoms with Gasteiger partial charge in [-0.1, -0.05) is 23.8 Å². The molecule has 3 nitrogen and oxygen atoms in total. The van der Waals surface area contributed by atoms with Crippen LogP contribution in [0, 0.1) is 6.92 Å². The van der Waals surface area contributed by atoms with Crippen molar-refractivity contribution in [1.29, 1.82) is 0 Å². The van der Waals surface area contributed by atoms with Gasteiger partial charge in [-0.25, -0.2) is 8.42 Å². The van der Waals surface area contributed by atoms with E-state index in [1.807, 2.05) is 24.4 Å². The van der Waals surface area contributed by atoms with Crippen LogP contribution in [0.1, 0.15) is 23.4 Å². The van der Waals surface area contributed by atoms with Crippen LogP contribution in [0.15, 0.2) is 46.7 Å². The zero-order valence-electron chi connectivity index (χ0n) is 10.9. The fraction of sp³-hybridized carbons (Fsp3) is 0.286. The summed E-state index contributed by atoms with van der Waals surface area (Å²) in [5.41, 5.74) is 7.10. The molecule has 0 radical (unpaired) electrons. The van der Waals surface area contributed by atoms with E-state index < -0.39 is 21.1 Å². The van der Waals surface area contributed by atoms with E-state index in [0.29, 0.717) is 4.90 Å². The van der Waals surface area contributed by atoms with Gasteiger partial charge in [0.15, 0.2) is 9.84 Å². The molecule has 2 rings (SSSR count). The molecule has 0 bridgehead atoms. The van der Waals surface area contributed by atoms with E-state index in [2.05, 4.69) is 0 Å². The van der Waals surface area contributed by atoms with Crippen molar-refractivity contribution >= 4 is 21.2 Å². The number of thiophene rings is 1. The Kier molecular flexibility index (Phi) is 4.08. The maximum Gasteiger partial charge on any atom is 0.182 e. The Morgan fingerprint density at radius 1 is 1.16 bits per heavy atom. The van der Waals surface area contributed by atoms with Crippen molar-refractivity contribution in [3.63, 3.8) is 0 Å². The van der Waals surface area contributed by atoms with Crippen LogP contribution < -0.4 is 5.73 Å². The normalized spacial score (nSPS) is 15.1. The second-order valence-corrected chi connectivity index (χ2v) is 7.89. The molecule has 1 aromatic carbocycles. The summed E-state index contributed by atoms with van der Waals surface area (Å²) >= 11 is 1.48. The van der Waals surface area contributed by atoms with Crippen LogP contribution in [0.5, 0.6) is 0 Å². The number of benzene rings is 1. The number of hydrogen-bond acceptors (Lipinski definition) is 4. The Balaban J connectivity index is 2.31. The minimum absolute atomic E-state index is 0.331. The fourth-order valence-electron chi connectivity index (χ4n) is 1.85.